The molecule has 1 aromatic heterocycles. The van der Waals surface area contributed by atoms with Gasteiger partial charge in [0.15, 0.2) is 0 Å². The predicted molar refractivity (Wildman–Crippen MR) is 88.1 cm³/mol. The second kappa shape index (κ2) is 7.89. The minimum absolute atomic E-state index is 0.146. The molecule has 0 spiro atoms. The van der Waals surface area contributed by atoms with Gasteiger partial charge in [0.1, 0.15) is 0 Å². The zero-order chi connectivity index (χ0) is 16.1. The number of hydrogen-bond donors (Lipinski definition) is 2. The molecule has 0 bridgehead atoms. The van der Waals surface area contributed by atoms with E-state index in [-0.39, 0.29) is 18.2 Å². The maximum absolute atomic E-state index is 11.8. The quantitative estimate of drug-likeness (QED) is 0.865. The van der Waals surface area contributed by atoms with Gasteiger partial charge in [0.2, 0.25) is 0 Å². The van der Waals surface area contributed by atoms with Crippen LogP contribution in [0.5, 0.6) is 0 Å². The molecule has 6 nitrogen and oxygen atoms in total. The van der Waals surface area contributed by atoms with E-state index in [2.05, 4.69) is 41.3 Å². The lowest BCUT2D eigenvalue weighted by Gasteiger charge is -2.38. The van der Waals surface area contributed by atoms with Gasteiger partial charge in [0.25, 0.3) is 0 Å². The van der Waals surface area contributed by atoms with Gasteiger partial charge in [0, 0.05) is 31.1 Å². The second-order valence-corrected chi connectivity index (χ2v) is 7.04. The van der Waals surface area contributed by atoms with Gasteiger partial charge in [0.05, 0.1) is 29.5 Å². The monoisotopic (exact) mass is 326 g/mol. The highest BCUT2D eigenvalue weighted by Crippen LogP contribution is 2.13. The molecule has 0 unspecified atom stereocenters. The molecule has 124 valence electrons. The number of amides is 2. The van der Waals surface area contributed by atoms with Gasteiger partial charge < -0.3 is 15.4 Å². The molecular weight excluding hydrogens is 300 g/mol. The SMILES string of the molecule is Cc1nc(CNC(=O)NC[C@H](C)N2C[C@@H](C)O[C@H](C)C2)cs1. The van der Waals surface area contributed by atoms with E-state index in [0.29, 0.717) is 19.1 Å². The summed E-state index contributed by atoms with van der Waals surface area (Å²) < 4.78 is 5.73. The van der Waals surface area contributed by atoms with Crippen LogP contribution in [0, 0.1) is 6.92 Å². The molecule has 0 aliphatic carbocycles. The van der Waals surface area contributed by atoms with E-state index in [0.717, 1.165) is 23.8 Å². The number of urea groups is 1. The van der Waals surface area contributed by atoms with Crippen LogP contribution in [0.3, 0.4) is 0 Å². The smallest absolute Gasteiger partial charge is 0.315 e. The first-order chi connectivity index (χ1) is 10.4. The predicted octanol–water partition coefficient (Wildman–Crippen LogP) is 1.75. The van der Waals surface area contributed by atoms with Crippen LogP contribution in [-0.4, -0.2) is 53.8 Å². The summed E-state index contributed by atoms with van der Waals surface area (Å²) in [5.74, 6) is 0. The number of thiazole rings is 1. The van der Waals surface area contributed by atoms with Crippen LogP contribution in [-0.2, 0) is 11.3 Å². The number of aryl methyl sites for hydroxylation is 1. The third-order valence-electron chi connectivity index (χ3n) is 3.73. The van der Waals surface area contributed by atoms with Gasteiger partial charge in [-0.3, -0.25) is 4.90 Å². The molecular formula is C15H26N4O2S. The normalized spacial score (nSPS) is 24.0. The molecule has 1 fully saturated rings. The number of carbonyl (C=O) groups is 1. The van der Waals surface area contributed by atoms with Crippen LogP contribution in [0.4, 0.5) is 4.79 Å². The second-order valence-electron chi connectivity index (χ2n) is 5.98. The molecule has 2 N–H and O–H groups in total. The minimum Gasteiger partial charge on any atom is -0.373 e. The van der Waals surface area contributed by atoms with Crippen LogP contribution in [0.25, 0.3) is 0 Å². The average molecular weight is 326 g/mol. The highest BCUT2D eigenvalue weighted by atomic mass is 32.1. The van der Waals surface area contributed by atoms with Crippen molar-refractivity contribution < 1.29 is 9.53 Å². The fourth-order valence-electron chi connectivity index (χ4n) is 2.67. The molecule has 0 saturated carbocycles. The summed E-state index contributed by atoms with van der Waals surface area (Å²) in [6.45, 7) is 11.2. The summed E-state index contributed by atoms with van der Waals surface area (Å²) in [6.07, 6.45) is 0.487. The highest BCUT2D eigenvalue weighted by molar-refractivity contribution is 7.09. The maximum atomic E-state index is 11.8. The van der Waals surface area contributed by atoms with Crippen molar-refractivity contribution in [2.24, 2.45) is 0 Å². The Hall–Kier alpha value is -1.18. The first-order valence-corrected chi connectivity index (χ1v) is 8.64. The van der Waals surface area contributed by atoms with Crippen molar-refractivity contribution in [3.8, 4) is 0 Å². The fourth-order valence-corrected chi connectivity index (χ4v) is 3.28. The summed E-state index contributed by atoms with van der Waals surface area (Å²) in [4.78, 5) is 18.5. The van der Waals surface area contributed by atoms with Crippen LogP contribution in [0.1, 0.15) is 31.5 Å². The Kier molecular flexibility index (Phi) is 6.16. The van der Waals surface area contributed by atoms with Gasteiger partial charge in [-0.2, -0.15) is 0 Å². The number of nitrogens with one attached hydrogen (secondary N) is 2. The van der Waals surface area contributed by atoms with E-state index in [9.17, 15) is 4.79 Å². The van der Waals surface area contributed by atoms with Crippen molar-refractivity contribution in [3.05, 3.63) is 16.1 Å². The van der Waals surface area contributed by atoms with E-state index < -0.39 is 0 Å². The molecule has 1 aromatic rings. The lowest BCUT2D eigenvalue weighted by Crippen LogP contribution is -2.52. The third kappa shape index (κ3) is 5.23. The topological polar surface area (TPSA) is 66.5 Å². The van der Waals surface area contributed by atoms with Gasteiger partial charge in [-0.1, -0.05) is 0 Å². The number of hydrogen-bond acceptors (Lipinski definition) is 5. The molecule has 0 aromatic carbocycles. The summed E-state index contributed by atoms with van der Waals surface area (Å²) in [7, 11) is 0. The molecule has 22 heavy (non-hydrogen) atoms. The molecule has 2 amide bonds. The first kappa shape index (κ1) is 17.2. The van der Waals surface area contributed by atoms with Crippen molar-refractivity contribution in [1.29, 1.82) is 0 Å². The lowest BCUT2D eigenvalue weighted by atomic mass is 10.2. The highest BCUT2D eigenvalue weighted by Gasteiger charge is 2.25. The molecule has 7 heteroatoms. The van der Waals surface area contributed by atoms with Crippen molar-refractivity contribution in [3.63, 3.8) is 0 Å². The Bertz CT molecular complexity index is 484. The molecule has 1 saturated heterocycles. The van der Waals surface area contributed by atoms with Crippen molar-refractivity contribution in [2.45, 2.75) is 52.5 Å². The van der Waals surface area contributed by atoms with E-state index in [4.69, 9.17) is 4.74 Å². The van der Waals surface area contributed by atoms with Crippen LogP contribution >= 0.6 is 11.3 Å². The van der Waals surface area contributed by atoms with Gasteiger partial charge >= 0.3 is 6.03 Å². The fraction of sp³-hybridized carbons (Fsp3) is 0.733. The number of carbonyl (C=O) groups excluding carboxylic acids is 1. The maximum Gasteiger partial charge on any atom is 0.315 e. The molecule has 1 aliphatic rings. The lowest BCUT2D eigenvalue weighted by molar-refractivity contribution is -0.0778. The van der Waals surface area contributed by atoms with Gasteiger partial charge in [-0.15, -0.1) is 11.3 Å². The first-order valence-electron chi connectivity index (χ1n) is 7.76. The largest absolute Gasteiger partial charge is 0.373 e. The van der Waals surface area contributed by atoms with E-state index >= 15 is 0 Å². The van der Waals surface area contributed by atoms with E-state index in [1.807, 2.05) is 12.3 Å². The van der Waals surface area contributed by atoms with Crippen molar-refractivity contribution in [2.75, 3.05) is 19.6 Å². The van der Waals surface area contributed by atoms with Crippen molar-refractivity contribution >= 4 is 17.4 Å². The van der Waals surface area contributed by atoms with Gasteiger partial charge in [-0.05, 0) is 27.7 Å². The Labute approximate surface area is 136 Å². The number of rotatable bonds is 5. The van der Waals surface area contributed by atoms with Crippen molar-refractivity contribution in [1.82, 2.24) is 20.5 Å². The van der Waals surface area contributed by atoms with Crippen LogP contribution < -0.4 is 10.6 Å². The Morgan fingerprint density at radius 1 is 1.45 bits per heavy atom. The average Bonchev–Trinajstić information content (AvgIpc) is 2.87. The summed E-state index contributed by atoms with van der Waals surface area (Å²) in [5, 5.41) is 8.75. The zero-order valence-electron chi connectivity index (χ0n) is 13.8. The minimum atomic E-state index is -0.146. The molecule has 3 atom stereocenters. The Balaban J connectivity index is 1.69. The molecule has 2 rings (SSSR count). The Morgan fingerprint density at radius 3 is 2.73 bits per heavy atom. The zero-order valence-corrected chi connectivity index (χ0v) is 14.6. The molecule has 2 heterocycles. The Morgan fingerprint density at radius 2 is 2.14 bits per heavy atom. The summed E-state index contributed by atoms with van der Waals surface area (Å²) >= 11 is 1.59. The van der Waals surface area contributed by atoms with E-state index in [1.54, 1.807) is 11.3 Å². The number of morpholine rings is 1. The summed E-state index contributed by atoms with van der Waals surface area (Å²) in [5.41, 5.74) is 0.904. The third-order valence-corrected chi connectivity index (χ3v) is 4.55. The number of aromatic nitrogens is 1. The standard InChI is InChI=1S/C15H26N4O2S/c1-10(19-7-11(2)21-12(3)8-19)5-16-15(20)17-6-14-9-22-13(4)18-14/h9-12H,5-8H2,1-4H3,(H2,16,17,20)/t10-,11+,12+/m0/s1. The molecule has 1 aliphatic heterocycles. The van der Waals surface area contributed by atoms with Gasteiger partial charge in [-0.25, -0.2) is 9.78 Å². The number of ether oxygens (including phenoxy) is 1. The number of nitrogens with zero attached hydrogens (tertiary/aromatic N) is 2. The summed E-state index contributed by atoms with van der Waals surface area (Å²) in [6, 6.07) is 0.146. The van der Waals surface area contributed by atoms with Crippen LogP contribution in [0.2, 0.25) is 0 Å². The molecule has 0 radical (unpaired) electrons. The van der Waals surface area contributed by atoms with E-state index in [1.165, 1.54) is 0 Å². The van der Waals surface area contributed by atoms with Crippen LogP contribution in [0.15, 0.2) is 5.38 Å².